The average Bonchev–Trinajstić information content (AvgIpc) is 3.12. The number of methoxy groups -OCH3 is 2. The lowest BCUT2D eigenvalue weighted by Crippen LogP contribution is -2.44. The van der Waals surface area contributed by atoms with Crippen molar-refractivity contribution in [2.24, 2.45) is 5.92 Å². The van der Waals surface area contributed by atoms with E-state index in [0.29, 0.717) is 43.6 Å². The van der Waals surface area contributed by atoms with Crippen LogP contribution in [0.15, 0.2) is 60.7 Å². The number of anilines is 1. The summed E-state index contributed by atoms with van der Waals surface area (Å²) in [4.78, 5) is 57.3. The van der Waals surface area contributed by atoms with Crippen molar-refractivity contribution >= 4 is 36.2 Å². The summed E-state index contributed by atoms with van der Waals surface area (Å²) in [5.74, 6) is -0.891. The number of allylic oxidation sites excluding steroid dienone is 1. The molecule has 0 bridgehead atoms. The Kier molecular flexibility index (Phi) is 17.3. The van der Waals surface area contributed by atoms with Crippen molar-refractivity contribution in [3.8, 4) is 5.75 Å². The zero-order chi connectivity index (χ0) is 37.0. The Bertz CT molecular complexity index is 1450. The molecule has 1 heterocycles. The van der Waals surface area contributed by atoms with E-state index in [-0.39, 0.29) is 37.4 Å². The van der Waals surface area contributed by atoms with Crippen LogP contribution in [0.5, 0.6) is 5.75 Å². The van der Waals surface area contributed by atoms with Gasteiger partial charge < -0.3 is 43.8 Å². The predicted molar refractivity (Wildman–Crippen MR) is 184 cm³/mol. The van der Waals surface area contributed by atoms with E-state index in [0.717, 1.165) is 24.1 Å². The lowest BCUT2D eigenvalue weighted by Gasteiger charge is -2.33. The molecule has 2 aliphatic rings. The average molecular weight is 713 g/mol. The first-order valence-electron chi connectivity index (χ1n) is 16.8. The topological polar surface area (TPSA) is 174 Å². The molecule has 2 aromatic rings. The summed E-state index contributed by atoms with van der Waals surface area (Å²) >= 11 is 0. The molecule has 1 aliphatic carbocycles. The smallest absolute Gasteiger partial charge is 0.407 e. The first-order valence-corrected chi connectivity index (χ1v) is 16.8. The number of carbonyl (C=O) groups excluding carboxylic acids is 5. The highest BCUT2D eigenvalue weighted by Crippen LogP contribution is 2.30. The highest BCUT2D eigenvalue weighted by molar-refractivity contribution is 5.75. The number of nitrogens with one attached hydrogen (secondary N) is 2. The molecule has 0 aromatic heterocycles. The van der Waals surface area contributed by atoms with Crippen molar-refractivity contribution in [3.63, 3.8) is 0 Å². The van der Waals surface area contributed by atoms with E-state index in [1.165, 1.54) is 21.1 Å². The third-order valence-electron chi connectivity index (χ3n) is 8.14. The Morgan fingerprint density at radius 2 is 1.73 bits per heavy atom. The SMILES string of the molecule is CNc1ccc(COC(=O)NCCc2ccccc2)c(OC2CC(OC(C)=O)CC(C(=O)OC)O2)c1.COC(=O)C1CC/C=C/C(OC=O)CC1. The summed E-state index contributed by atoms with van der Waals surface area (Å²) in [7, 11) is 4.42. The number of carbonyl (C=O) groups is 5. The first-order chi connectivity index (χ1) is 24.6. The molecule has 14 heteroatoms. The van der Waals surface area contributed by atoms with Gasteiger partial charge in [0, 0.05) is 50.7 Å². The number of hydrogen-bond donors (Lipinski definition) is 2. The monoisotopic (exact) mass is 712 g/mol. The second kappa shape index (κ2) is 21.9. The molecule has 278 valence electrons. The maximum Gasteiger partial charge on any atom is 0.407 e. The second-order valence-corrected chi connectivity index (χ2v) is 11.8. The van der Waals surface area contributed by atoms with E-state index >= 15 is 0 Å². The lowest BCUT2D eigenvalue weighted by atomic mass is 9.93. The minimum atomic E-state index is -0.944. The molecule has 0 radical (unpaired) electrons. The van der Waals surface area contributed by atoms with Crippen molar-refractivity contribution in [1.29, 1.82) is 0 Å². The Morgan fingerprint density at radius 3 is 2.41 bits per heavy atom. The Morgan fingerprint density at radius 1 is 0.961 bits per heavy atom. The van der Waals surface area contributed by atoms with Crippen molar-refractivity contribution in [2.45, 2.75) is 83.1 Å². The molecule has 1 saturated heterocycles. The van der Waals surface area contributed by atoms with Crippen molar-refractivity contribution in [2.75, 3.05) is 33.1 Å². The highest BCUT2D eigenvalue weighted by Gasteiger charge is 2.37. The van der Waals surface area contributed by atoms with Gasteiger partial charge in [0.1, 0.15) is 24.6 Å². The van der Waals surface area contributed by atoms with Crippen LogP contribution in [-0.4, -0.2) is 82.9 Å². The lowest BCUT2D eigenvalue weighted by molar-refractivity contribution is -0.204. The Hall–Kier alpha value is -5.11. The number of rotatable bonds is 13. The van der Waals surface area contributed by atoms with Gasteiger partial charge in [-0.3, -0.25) is 14.4 Å². The maximum atomic E-state index is 12.2. The van der Waals surface area contributed by atoms with Crippen molar-refractivity contribution < 1.29 is 57.1 Å². The molecule has 1 aliphatic heterocycles. The summed E-state index contributed by atoms with van der Waals surface area (Å²) in [5, 5.41) is 5.76. The molecular weight excluding hydrogens is 664 g/mol. The maximum absolute atomic E-state index is 12.2. The molecule has 1 fully saturated rings. The third-order valence-corrected chi connectivity index (χ3v) is 8.14. The summed E-state index contributed by atoms with van der Waals surface area (Å²) in [5.41, 5.74) is 2.47. The highest BCUT2D eigenvalue weighted by atomic mass is 16.7. The molecule has 4 rings (SSSR count). The number of benzene rings is 2. The van der Waals surface area contributed by atoms with Gasteiger partial charge in [-0.2, -0.15) is 0 Å². The van der Waals surface area contributed by atoms with E-state index < -0.39 is 36.5 Å². The molecular formula is C37H48N2O12. The first kappa shape index (κ1) is 40.3. The third kappa shape index (κ3) is 14.3. The number of alkyl carbamates (subject to hydrolysis) is 1. The zero-order valence-corrected chi connectivity index (χ0v) is 29.5. The molecule has 1 amide bonds. The van der Waals surface area contributed by atoms with Crippen LogP contribution in [0, 0.1) is 5.92 Å². The number of hydrogen-bond acceptors (Lipinski definition) is 13. The summed E-state index contributed by atoms with van der Waals surface area (Å²) in [6.07, 6.45) is 4.74. The predicted octanol–water partition coefficient (Wildman–Crippen LogP) is 4.63. The molecule has 5 unspecified atom stereocenters. The minimum absolute atomic E-state index is 0.0446. The number of ether oxygens (including phenoxy) is 7. The van der Waals surface area contributed by atoms with Crippen molar-refractivity contribution in [3.05, 3.63) is 71.8 Å². The van der Waals surface area contributed by atoms with Gasteiger partial charge in [-0.15, -0.1) is 0 Å². The van der Waals surface area contributed by atoms with Gasteiger partial charge in [-0.05, 0) is 55.9 Å². The summed E-state index contributed by atoms with van der Waals surface area (Å²) < 4.78 is 36.9. The Labute approximate surface area is 298 Å². The van der Waals surface area contributed by atoms with E-state index in [1.807, 2.05) is 48.6 Å². The van der Waals surface area contributed by atoms with Gasteiger partial charge in [-0.25, -0.2) is 9.59 Å². The molecule has 51 heavy (non-hydrogen) atoms. The van der Waals surface area contributed by atoms with Gasteiger partial charge in [0.15, 0.2) is 6.10 Å². The largest absolute Gasteiger partial charge is 0.469 e. The van der Waals surface area contributed by atoms with E-state index in [2.05, 4.69) is 10.6 Å². The van der Waals surface area contributed by atoms with Gasteiger partial charge >= 0.3 is 24.0 Å². The van der Waals surface area contributed by atoms with Crippen LogP contribution < -0.4 is 15.4 Å². The van der Waals surface area contributed by atoms with Gasteiger partial charge in [0.25, 0.3) is 6.47 Å². The van der Waals surface area contributed by atoms with Gasteiger partial charge in [0.05, 0.1) is 20.1 Å². The minimum Gasteiger partial charge on any atom is -0.469 e. The Balaban J connectivity index is 0.000000391. The second-order valence-electron chi connectivity index (χ2n) is 11.8. The van der Waals surface area contributed by atoms with E-state index in [9.17, 15) is 24.0 Å². The quantitative estimate of drug-likeness (QED) is 0.127. The van der Waals surface area contributed by atoms with Crippen LogP contribution in [0.25, 0.3) is 0 Å². The van der Waals surface area contributed by atoms with Crippen LogP contribution in [0.2, 0.25) is 0 Å². The van der Waals surface area contributed by atoms with Crippen LogP contribution in [0.3, 0.4) is 0 Å². The standard InChI is InChI=1S/C26H32N2O8.C11H16O4/c1-17(29)34-21-14-23(25(30)32-3)36-24(15-21)35-22-13-20(27-2)10-9-19(22)16-33-26(31)28-12-11-18-7-5-4-6-8-18;1-14-11(13)9-4-2-3-5-10(7-6-9)15-8-12/h4-10,13,21,23-24,27H,11-12,14-16H2,1-3H3,(H,28,31);3,5,8-10H,2,4,6-7H2,1H3/b;5-3+. The molecule has 14 nitrogen and oxygen atoms in total. The summed E-state index contributed by atoms with van der Waals surface area (Å²) in [6, 6.07) is 15.1. The van der Waals surface area contributed by atoms with Crippen LogP contribution >= 0.6 is 0 Å². The fourth-order valence-corrected chi connectivity index (χ4v) is 5.50. The van der Waals surface area contributed by atoms with Gasteiger partial charge in [-0.1, -0.05) is 36.4 Å². The zero-order valence-electron chi connectivity index (χ0n) is 29.5. The number of esters is 3. The normalized spacial score (nSPS) is 21.8. The number of amides is 1. The van der Waals surface area contributed by atoms with Gasteiger partial charge in [0.2, 0.25) is 6.29 Å². The van der Waals surface area contributed by atoms with Crippen LogP contribution in [0.4, 0.5) is 10.5 Å². The molecule has 5 atom stereocenters. The summed E-state index contributed by atoms with van der Waals surface area (Å²) in [6.45, 7) is 2.14. The molecule has 0 saturated carbocycles. The van der Waals surface area contributed by atoms with E-state index in [1.54, 1.807) is 19.2 Å². The van der Waals surface area contributed by atoms with Crippen LogP contribution in [-0.2, 0) is 60.6 Å². The fourth-order valence-electron chi connectivity index (χ4n) is 5.50. The molecule has 2 N–H and O–H groups in total. The van der Waals surface area contributed by atoms with E-state index in [4.69, 9.17) is 33.2 Å². The van der Waals surface area contributed by atoms with Crippen molar-refractivity contribution in [1.82, 2.24) is 5.32 Å². The fraction of sp³-hybridized carbons (Fsp3) is 0.486. The molecule has 2 aromatic carbocycles. The van der Waals surface area contributed by atoms with Crippen LogP contribution in [0.1, 0.15) is 56.6 Å². The molecule has 0 spiro atoms.